The largest absolute Gasteiger partial charge is 0.507 e. The van der Waals surface area contributed by atoms with Gasteiger partial charge in [0.2, 0.25) is 0 Å². The van der Waals surface area contributed by atoms with Crippen molar-refractivity contribution in [1.29, 1.82) is 0 Å². The smallest absolute Gasteiger partial charge is 0.295 e. The number of methoxy groups -OCH3 is 3. The quantitative estimate of drug-likeness (QED) is 0.354. The van der Waals surface area contributed by atoms with Crippen LogP contribution < -0.4 is 14.2 Å². The Morgan fingerprint density at radius 1 is 0.970 bits per heavy atom. The number of nitrogens with zero attached hydrogens (tertiary/aromatic N) is 2. The Bertz CT molecular complexity index is 1060. The summed E-state index contributed by atoms with van der Waals surface area (Å²) in [7, 11) is 8.43. The first kappa shape index (κ1) is 24.1. The number of likely N-dealkylation sites (tertiary alicyclic amines) is 1. The molecule has 0 saturated carbocycles. The standard InChI is InChI=1S/C25H30N2O6/c1-26(2)13-8-14-27-22(17-9-6-7-10-18(17)31-3)21(24(29)25(27)30)23(28)16-11-12-19(32-4)20(15-16)33-5/h6-7,9-12,15,22,28H,8,13-14H2,1-5H3/b23-21+. The van der Waals surface area contributed by atoms with Gasteiger partial charge in [0.25, 0.3) is 11.7 Å². The van der Waals surface area contributed by atoms with Gasteiger partial charge in [0.05, 0.1) is 32.9 Å². The van der Waals surface area contributed by atoms with Crippen LogP contribution in [0.4, 0.5) is 0 Å². The fourth-order valence-electron chi connectivity index (χ4n) is 4.02. The van der Waals surface area contributed by atoms with Gasteiger partial charge in [-0.1, -0.05) is 18.2 Å². The van der Waals surface area contributed by atoms with Crippen LogP contribution in [0.15, 0.2) is 48.0 Å². The maximum atomic E-state index is 13.2. The Hall–Kier alpha value is -3.52. The predicted octanol–water partition coefficient (Wildman–Crippen LogP) is 3.09. The lowest BCUT2D eigenvalue weighted by Crippen LogP contribution is -2.32. The van der Waals surface area contributed by atoms with Crippen LogP contribution in [0.1, 0.15) is 23.6 Å². The molecule has 0 radical (unpaired) electrons. The summed E-state index contributed by atoms with van der Waals surface area (Å²) in [5, 5.41) is 11.3. The summed E-state index contributed by atoms with van der Waals surface area (Å²) < 4.78 is 16.1. The molecule has 0 spiro atoms. The third-order valence-corrected chi connectivity index (χ3v) is 5.63. The van der Waals surface area contributed by atoms with Gasteiger partial charge in [-0.15, -0.1) is 0 Å². The second-order valence-electron chi connectivity index (χ2n) is 7.96. The monoisotopic (exact) mass is 454 g/mol. The van der Waals surface area contributed by atoms with Crippen molar-refractivity contribution in [2.45, 2.75) is 12.5 Å². The second kappa shape index (κ2) is 10.4. The molecule has 1 aliphatic rings. The van der Waals surface area contributed by atoms with Gasteiger partial charge in [-0.3, -0.25) is 9.59 Å². The van der Waals surface area contributed by atoms with Gasteiger partial charge in [-0.05, 0) is 51.3 Å². The second-order valence-corrected chi connectivity index (χ2v) is 7.96. The maximum Gasteiger partial charge on any atom is 0.295 e. The molecule has 1 aliphatic heterocycles. The minimum absolute atomic E-state index is 0.0153. The highest BCUT2D eigenvalue weighted by Crippen LogP contribution is 2.43. The van der Waals surface area contributed by atoms with E-state index < -0.39 is 17.7 Å². The molecule has 1 atom stereocenters. The van der Waals surface area contributed by atoms with E-state index in [-0.39, 0.29) is 11.3 Å². The molecule has 2 aromatic rings. The number of carbonyl (C=O) groups excluding carboxylic acids is 2. The molecular formula is C25H30N2O6. The average molecular weight is 455 g/mol. The molecule has 1 fully saturated rings. The maximum absolute atomic E-state index is 13.2. The number of rotatable bonds is 9. The lowest BCUT2D eigenvalue weighted by molar-refractivity contribution is -0.140. The number of hydrogen-bond acceptors (Lipinski definition) is 7. The minimum atomic E-state index is -0.781. The Kier molecular flexibility index (Phi) is 7.60. The van der Waals surface area contributed by atoms with Crippen LogP contribution in [0.3, 0.4) is 0 Å². The number of carbonyl (C=O) groups is 2. The first-order chi connectivity index (χ1) is 15.8. The first-order valence-corrected chi connectivity index (χ1v) is 10.6. The molecule has 2 aromatic carbocycles. The lowest BCUT2D eigenvalue weighted by atomic mass is 9.94. The zero-order valence-electron chi connectivity index (χ0n) is 19.6. The van der Waals surface area contributed by atoms with Gasteiger partial charge < -0.3 is 29.1 Å². The molecule has 1 unspecified atom stereocenters. The van der Waals surface area contributed by atoms with E-state index >= 15 is 0 Å². The molecule has 8 heteroatoms. The van der Waals surface area contributed by atoms with Crippen molar-refractivity contribution in [2.24, 2.45) is 0 Å². The van der Waals surface area contributed by atoms with E-state index in [0.29, 0.717) is 41.3 Å². The average Bonchev–Trinajstić information content (AvgIpc) is 3.07. The molecule has 33 heavy (non-hydrogen) atoms. The molecule has 0 aromatic heterocycles. The Morgan fingerprint density at radius 3 is 2.27 bits per heavy atom. The third kappa shape index (κ3) is 4.80. The van der Waals surface area contributed by atoms with Crippen molar-refractivity contribution in [3.8, 4) is 17.2 Å². The van der Waals surface area contributed by atoms with Crippen LogP contribution in [0.5, 0.6) is 17.2 Å². The summed E-state index contributed by atoms with van der Waals surface area (Å²) in [5.41, 5.74) is 0.992. The lowest BCUT2D eigenvalue weighted by Gasteiger charge is -2.27. The van der Waals surface area contributed by atoms with E-state index in [9.17, 15) is 14.7 Å². The first-order valence-electron chi connectivity index (χ1n) is 10.6. The molecule has 176 valence electrons. The number of Topliss-reactive ketones (excluding diaryl/α,β-unsaturated/α-hetero) is 1. The molecule has 1 N–H and O–H groups in total. The van der Waals surface area contributed by atoms with Crippen molar-refractivity contribution in [1.82, 2.24) is 9.80 Å². The summed E-state index contributed by atoms with van der Waals surface area (Å²) in [5.74, 6) is -0.245. The van der Waals surface area contributed by atoms with Crippen LogP contribution in [0.2, 0.25) is 0 Å². The number of ether oxygens (including phenoxy) is 3. The molecule has 1 heterocycles. The fraction of sp³-hybridized carbons (Fsp3) is 0.360. The summed E-state index contributed by atoms with van der Waals surface area (Å²) in [4.78, 5) is 29.8. The van der Waals surface area contributed by atoms with Gasteiger partial charge in [-0.2, -0.15) is 0 Å². The van der Waals surface area contributed by atoms with E-state index in [0.717, 1.165) is 6.54 Å². The van der Waals surface area contributed by atoms with Gasteiger partial charge in [0.15, 0.2) is 11.5 Å². The zero-order valence-corrected chi connectivity index (χ0v) is 19.6. The van der Waals surface area contributed by atoms with Crippen LogP contribution in [-0.4, -0.2) is 75.1 Å². The van der Waals surface area contributed by atoms with Gasteiger partial charge in [0.1, 0.15) is 11.5 Å². The highest BCUT2D eigenvalue weighted by atomic mass is 16.5. The van der Waals surface area contributed by atoms with Crippen LogP contribution >= 0.6 is 0 Å². The minimum Gasteiger partial charge on any atom is -0.507 e. The number of amides is 1. The van der Waals surface area contributed by atoms with E-state index in [1.165, 1.54) is 26.2 Å². The summed E-state index contributed by atoms with van der Waals surface area (Å²) >= 11 is 0. The number of aliphatic hydroxyl groups excluding tert-OH is 1. The number of benzene rings is 2. The molecule has 1 saturated heterocycles. The summed E-state index contributed by atoms with van der Waals surface area (Å²) in [6.07, 6.45) is 0.669. The Balaban J connectivity index is 2.16. The fourth-order valence-corrected chi connectivity index (χ4v) is 4.02. The van der Waals surface area contributed by atoms with E-state index in [1.807, 2.05) is 31.1 Å². The van der Waals surface area contributed by atoms with Crippen molar-refractivity contribution in [3.05, 3.63) is 59.2 Å². The number of aliphatic hydroxyl groups is 1. The van der Waals surface area contributed by atoms with Gasteiger partial charge in [0, 0.05) is 17.7 Å². The van der Waals surface area contributed by atoms with Crippen molar-refractivity contribution < 1.29 is 28.9 Å². The SMILES string of the molecule is COc1ccc(/C(O)=C2\C(=O)C(=O)N(CCCN(C)C)C2c2ccccc2OC)cc1OC. The molecule has 0 bridgehead atoms. The Labute approximate surface area is 194 Å². The normalized spacial score (nSPS) is 17.5. The highest BCUT2D eigenvalue weighted by molar-refractivity contribution is 6.46. The van der Waals surface area contributed by atoms with E-state index in [1.54, 1.807) is 30.3 Å². The zero-order chi connectivity index (χ0) is 24.1. The summed E-state index contributed by atoms with van der Waals surface area (Å²) in [6.45, 7) is 1.10. The van der Waals surface area contributed by atoms with Crippen molar-refractivity contribution in [2.75, 3.05) is 48.5 Å². The van der Waals surface area contributed by atoms with Gasteiger partial charge >= 0.3 is 0 Å². The van der Waals surface area contributed by atoms with Crippen LogP contribution in [0.25, 0.3) is 5.76 Å². The molecule has 0 aliphatic carbocycles. The van der Waals surface area contributed by atoms with E-state index in [4.69, 9.17) is 14.2 Å². The molecule has 3 rings (SSSR count). The predicted molar refractivity (Wildman–Crippen MR) is 125 cm³/mol. The Morgan fingerprint density at radius 2 is 1.64 bits per heavy atom. The molecule has 8 nitrogen and oxygen atoms in total. The number of para-hydroxylation sites is 1. The highest BCUT2D eigenvalue weighted by Gasteiger charge is 2.46. The molecular weight excluding hydrogens is 424 g/mol. The topological polar surface area (TPSA) is 88.5 Å². The van der Waals surface area contributed by atoms with Crippen LogP contribution in [0, 0.1) is 0 Å². The van der Waals surface area contributed by atoms with Crippen molar-refractivity contribution >= 4 is 17.4 Å². The van der Waals surface area contributed by atoms with E-state index in [2.05, 4.69) is 0 Å². The summed E-state index contributed by atoms with van der Waals surface area (Å²) in [6, 6.07) is 11.3. The number of ketones is 1. The third-order valence-electron chi connectivity index (χ3n) is 5.63. The number of hydrogen-bond donors (Lipinski definition) is 1. The van der Waals surface area contributed by atoms with Gasteiger partial charge in [-0.25, -0.2) is 0 Å². The van der Waals surface area contributed by atoms with Crippen molar-refractivity contribution in [3.63, 3.8) is 0 Å². The molecule has 1 amide bonds. The van der Waals surface area contributed by atoms with Crippen LogP contribution in [-0.2, 0) is 9.59 Å².